The average molecular weight is 250 g/mol. The highest BCUT2D eigenvalue weighted by atomic mass is 16.5. The fourth-order valence-electron chi connectivity index (χ4n) is 1.57. The Balaban J connectivity index is 2.05. The van der Waals surface area contributed by atoms with Gasteiger partial charge in [0.15, 0.2) is 0 Å². The van der Waals surface area contributed by atoms with Crippen LogP contribution in [0, 0.1) is 0 Å². The van der Waals surface area contributed by atoms with E-state index >= 15 is 0 Å². The molecule has 1 aromatic carbocycles. The monoisotopic (exact) mass is 250 g/mol. The molecule has 3 nitrogen and oxygen atoms in total. The van der Waals surface area contributed by atoms with E-state index in [4.69, 9.17) is 14.6 Å². The van der Waals surface area contributed by atoms with Crippen molar-refractivity contribution in [3.05, 3.63) is 42.0 Å². The van der Waals surface area contributed by atoms with E-state index in [0.29, 0.717) is 6.61 Å². The third kappa shape index (κ3) is 6.42. The lowest BCUT2D eigenvalue weighted by atomic mass is 10.2. The number of hydrogen-bond acceptors (Lipinski definition) is 3. The van der Waals surface area contributed by atoms with Crippen LogP contribution in [-0.4, -0.2) is 25.4 Å². The van der Waals surface area contributed by atoms with Crippen LogP contribution in [0.4, 0.5) is 0 Å². The number of aliphatic hydroxyl groups is 1. The first kappa shape index (κ1) is 14.7. The van der Waals surface area contributed by atoms with Crippen LogP contribution in [0.15, 0.2) is 36.4 Å². The first-order chi connectivity index (χ1) is 8.86. The van der Waals surface area contributed by atoms with Crippen molar-refractivity contribution in [1.29, 1.82) is 0 Å². The van der Waals surface area contributed by atoms with Crippen molar-refractivity contribution in [2.75, 3.05) is 20.3 Å². The highest BCUT2D eigenvalue weighted by Gasteiger charge is 1.94. The number of aliphatic hydroxyl groups excluding tert-OH is 1. The first-order valence-electron chi connectivity index (χ1n) is 6.33. The Morgan fingerprint density at radius 3 is 2.56 bits per heavy atom. The van der Waals surface area contributed by atoms with Crippen LogP contribution in [0.5, 0.6) is 5.75 Å². The first-order valence-corrected chi connectivity index (χ1v) is 6.33. The molecule has 0 aliphatic rings. The van der Waals surface area contributed by atoms with Crippen LogP contribution in [0.25, 0.3) is 0 Å². The molecule has 0 radical (unpaired) electrons. The normalized spacial score (nSPS) is 11.0. The van der Waals surface area contributed by atoms with E-state index in [-0.39, 0.29) is 6.61 Å². The predicted octanol–water partition coefficient (Wildman–Crippen LogP) is 2.93. The topological polar surface area (TPSA) is 38.7 Å². The molecule has 0 fully saturated rings. The number of benzene rings is 1. The second kappa shape index (κ2) is 9.68. The van der Waals surface area contributed by atoms with Crippen LogP contribution in [-0.2, 0) is 11.3 Å². The zero-order valence-electron chi connectivity index (χ0n) is 11.0. The minimum absolute atomic E-state index is 0.133. The molecule has 0 bridgehead atoms. The lowest BCUT2D eigenvalue weighted by Crippen LogP contribution is -1.95. The molecule has 0 amide bonds. The van der Waals surface area contributed by atoms with Gasteiger partial charge in [-0.15, -0.1) is 0 Å². The molecule has 0 spiro atoms. The highest BCUT2D eigenvalue weighted by molar-refractivity contribution is 5.26. The number of unbranched alkanes of at least 4 members (excludes halogenated alkanes) is 2. The van der Waals surface area contributed by atoms with Crippen molar-refractivity contribution in [3.63, 3.8) is 0 Å². The van der Waals surface area contributed by atoms with Crippen molar-refractivity contribution in [2.45, 2.75) is 25.9 Å². The van der Waals surface area contributed by atoms with Crippen LogP contribution in [0.1, 0.15) is 24.8 Å². The Labute approximate surface area is 109 Å². The van der Waals surface area contributed by atoms with Gasteiger partial charge in [0.1, 0.15) is 5.75 Å². The molecule has 100 valence electrons. The second-order valence-corrected chi connectivity index (χ2v) is 4.05. The number of methoxy groups -OCH3 is 1. The second-order valence-electron chi connectivity index (χ2n) is 4.05. The molecular formula is C15H22O3. The lowest BCUT2D eigenvalue weighted by Gasteiger charge is -2.05. The summed E-state index contributed by atoms with van der Waals surface area (Å²) in [7, 11) is 1.66. The summed E-state index contributed by atoms with van der Waals surface area (Å²) < 4.78 is 10.7. The van der Waals surface area contributed by atoms with E-state index in [0.717, 1.165) is 37.2 Å². The summed E-state index contributed by atoms with van der Waals surface area (Å²) in [6.07, 6.45) is 6.93. The van der Waals surface area contributed by atoms with Gasteiger partial charge in [0.25, 0.3) is 0 Å². The van der Waals surface area contributed by atoms with Crippen molar-refractivity contribution < 1.29 is 14.6 Å². The Morgan fingerprint density at radius 2 is 1.89 bits per heavy atom. The Morgan fingerprint density at radius 1 is 1.11 bits per heavy atom. The van der Waals surface area contributed by atoms with Gasteiger partial charge in [-0.2, -0.15) is 0 Å². The van der Waals surface area contributed by atoms with Crippen molar-refractivity contribution >= 4 is 0 Å². The summed E-state index contributed by atoms with van der Waals surface area (Å²) in [6, 6.07) is 7.92. The summed E-state index contributed by atoms with van der Waals surface area (Å²) in [5.74, 6) is 0.870. The lowest BCUT2D eigenvalue weighted by molar-refractivity contribution is 0.117. The standard InChI is InChI=1S/C15H22O3/c1-17-15-9-7-14(8-10-15)13-18-12-6-4-2-3-5-11-16/h3,5,7-10,16H,2,4,6,11-13H2,1H3/b5-3-. The van der Waals surface area contributed by atoms with E-state index in [9.17, 15) is 0 Å². The van der Waals surface area contributed by atoms with E-state index in [1.54, 1.807) is 13.2 Å². The molecule has 0 aliphatic heterocycles. The van der Waals surface area contributed by atoms with E-state index in [1.165, 1.54) is 0 Å². The van der Waals surface area contributed by atoms with Gasteiger partial charge in [0, 0.05) is 6.61 Å². The van der Waals surface area contributed by atoms with E-state index < -0.39 is 0 Å². The average Bonchev–Trinajstić information content (AvgIpc) is 2.42. The van der Waals surface area contributed by atoms with Gasteiger partial charge < -0.3 is 14.6 Å². The molecule has 0 atom stereocenters. The molecular weight excluding hydrogens is 228 g/mol. The fourth-order valence-corrected chi connectivity index (χ4v) is 1.57. The summed E-state index contributed by atoms with van der Waals surface area (Å²) >= 11 is 0. The number of allylic oxidation sites excluding steroid dienone is 1. The molecule has 0 saturated heterocycles. The zero-order valence-corrected chi connectivity index (χ0v) is 11.0. The Hall–Kier alpha value is -1.32. The number of ether oxygens (including phenoxy) is 2. The maximum atomic E-state index is 8.55. The van der Waals surface area contributed by atoms with Crippen molar-refractivity contribution in [2.24, 2.45) is 0 Å². The van der Waals surface area contributed by atoms with E-state index in [1.807, 2.05) is 30.3 Å². The van der Waals surface area contributed by atoms with Gasteiger partial charge >= 0.3 is 0 Å². The van der Waals surface area contributed by atoms with Gasteiger partial charge in [0.05, 0.1) is 20.3 Å². The minimum atomic E-state index is 0.133. The molecule has 0 aromatic heterocycles. The number of rotatable bonds is 9. The van der Waals surface area contributed by atoms with Crippen LogP contribution >= 0.6 is 0 Å². The highest BCUT2D eigenvalue weighted by Crippen LogP contribution is 2.12. The van der Waals surface area contributed by atoms with Crippen molar-refractivity contribution in [1.82, 2.24) is 0 Å². The van der Waals surface area contributed by atoms with Gasteiger partial charge in [-0.25, -0.2) is 0 Å². The van der Waals surface area contributed by atoms with E-state index in [2.05, 4.69) is 0 Å². The molecule has 3 heteroatoms. The maximum absolute atomic E-state index is 8.55. The molecule has 0 heterocycles. The Kier molecular flexibility index (Phi) is 7.93. The summed E-state index contributed by atoms with van der Waals surface area (Å²) in [5, 5.41) is 8.55. The molecule has 1 aromatic rings. The molecule has 0 unspecified atom stereocenters. The molecule has 0 saturated carbocycles. The largest absolute Gasteiger partial charge is 0.497 e. The fraction of sp³-hybridized carbons (Fsp3) is 0.467. The van der Waals surface area contributed by atoms with Crippen LogP contribution in [0.2, 0.25) is 0 Å². The molecule has 0 aliphatic carbocycles. The quantitative estimate of drug-likeness (QED) is 0.541. The maximum Gasteiger partial charge on any atom is 0.118 e. The molecule has 1 rings (SSSR count). The third-order valence-corrected chi connectivity index (χ3v) is 2.61. The molecule has 18 heavy (non-hydrogen) atoms. The van der Waals surface area contributed by atoms with Gasteiger partial charge in [-0.05, 0) is 37.0 Å². The SMILES string of the molecule is COc1ccc(COCCCC/C=C\CO)cc1. The minimum Gasteiger partial charge on any atom is -0.497 e. The van der Waals surface area contributed by atoms with Crippen LogP contribution < -0.4 is 4.74 Å². The third-order valence-electron chi connectivity index (χ3n) is 2.61. The van der Waals surface area contributed by atoms with Crippen molar-refractivity contribution in [3.8, 4) is 5.75 Å². The summed E-state index contributed by atoms with van der Waals surface area (Å²) in [5.41, 5.74) is 1.16. The predicted molar refractivity (Wildman–Crippen MR) is 72.7 cm³/mol. The number of hydrogen-bond donors (Lipinski definition) is 1. The van der Waals surface area contributed by atoms with Gasteiger partial charge in [-0.3, -0.25) is 0 Å². The zero-order chi connectivity index (χ0) is 13.1. The summed E-state index contributed by atoms with van der Waals surface area (Å²) in [4.78, 5) is 0. The van der Waals surface area contributed by atoms with Crippen LogP contribution in [0.3, 0.4) is 0 Å². The van der Waals surface area contributed by atoms with Gasteiger partial charge in [-0.1, -0.05) is 24.3 Å². The molecule has 1 N–H and O–H groups in total. The smallest absolute Gasteiger partial charge is 0.118 e. The summed E-state index contributed by atoms with van der Waals surface area (Å²) in [6.45, 7) is 1.56. The van der Waals surface area contributed by atoms with Gasteiger partial charge in [0.2, 0.25) is 0 Å². The Bertz CT molecular complexity index is 330.